The number of anilines is 1. The molecule has 1 aliphatic rings. The second-order valence-corrected chi connectivity index (χ2v) is 8.54. The number of amides is 3. The summed E-state index contributed by atoms with van der Waals surface area (Å²) in [7, 11) is 0. The Balaban J connectivity index is 1.65. The zero-order chi connectivity index (χ0) is 23.8. The maximum absolute atomic E-state index is 13.1. The summed E-state index contributed by atoms with van der Waals surface area (Å²) >= 11 is 0. The molecule has 1 heterocycles. The Kier molecular flexibility index (Phi) is 8.57. The molecule has 1 aliphatic heterocycles. The van der Waals surface area contributed by atoms with Crippen LogP contribution in [0.3, 0.4) is 0 Å². The van der Waals surface area contributed by atoms with E-state index < -0.39 is 12.1 Å². The van der Waals surface area contributed by atoms with Crippen molar-refractivity contribution in [1.29, 1.82) is 0 Å². The molecule has 2 aromatic carbocycles. The van der Waals surface area contributed by atoms with Gasteiger partial charge in [-0.25, -0.2) is 0 Å². The molecule has 0 aromatic heterocycles. The van der Waals surface area contributed by atoms with Gasteiger partial charge in [0.2, 0.25) is 17.7 Å². The first-order valence-electron chi connectivity index (χ1n) is 11.3. The van der Waals surface area contributed by atoms with Crippen LogP contribution in [-0.4, -0.2) is 48.9 Å². The molecule has 0 spiro atoms. The Morgan fingerprint density at radius 3 is 2.55 bits per heavy atom. The van der Waals surface area contributed by atoms with Gasteiger partial charge in [-0.1, -0.05) is 36.4 Å². The molecule has 0 saturated carbocycles. The minimum atomic E-state index is -0.696. The van der Waals surface area contributed by atoms with Crippen molar-refractivity contribution in [2.24, 2.45) is 5.73 Å². The summed E-state index contributed by atoms with van der Waals surface area (Å²) < 4.78 is 0. The average molecular weight is 452 g/mol. The van der Waals surface area contributed by atoms with Gasteiger partial charge in [0.05, 0.1) is 12.6 Å². The van der Waals surface area contributed by atoms with E-state index in [0.29, 0.717) is 31.5 Å². The summed E-state index contributed by atoms with van der Waals surface area (Å²) in [5.74, 6) is -0.766. The number of nitrogens with one attached hydrogen (secondary N) is 4. The first kappa shape index (κ1) is 24.4. The van der Waals surface area contributed by atoms with Gasteiger partial charge in [0.15, 0.2) is 0 Å². The van der Waals surface area contributed by atoms with Crippen molar-refractivity contribution in [2.75, 3.05) is 18.4 Å². The van der Waals surface area contributed by atoms with Crippen LogP contribution >= 0.6 is 0 Å². The third-order valence-corrected chi connectivity index (χ3v) is 5.97. The maximum atomic E-state index is 13.1. The van der Waals surface area contributed by atoms with Crippen LogP contribution in [0.1, 0.15) is 29.5 Å². The number of hydrogen-bond donors (Lipinski definition) is 5. The van der Waals surface area contributed by atoms with Crippen molar-refractivity contribution in [3.63, 3.8) is 0 Å². The summed E-state index contributed by atoms with van der Waals surface area (Å²) in [6.45, 7) is 4.40. The number of aryl methyl sites for hydroxylation is 3. The number of carbonyl (C=O) groups is 3. The molecule has 1 saturated heterocycles. The first-order chi connectivity index (χ1) is 15.9. The Morgan fingerprint density at radius 2 is 1.85 bits per heavy atom. The second kappa shape index (κ2) is 11.6. The van der Waals surface area contributed by atoms with Crippen LogP contribution in [0.4, 0.5) is 5.69 Å². The summed E-state index contributed by atoms with van der Waals surface area (Å²) in [5.41, 5.74) is 9.37. The normalized spacial score (nSPS) is 18.4. The van der Waals surface area contributed by atoms with Crippen molar-refractivity contribution >= 4 is 23.4 Å². The topological polar surface area (TPSA) is 125 Å². The number of hydrogen-bond acceptors (Lipinski definition) is 5. The van der Waals surface area contributed by atoms with Gasteiger partial charge in [-0.2, -0.15) is 0 Å². The molecule has 6 N–H and O–H groups in total. The van der Waals surface area contributed by atoms with E-state index in [1.165, 1.54) is 0 Å². The highest BCUT2D eigenvalue weighted by Crippen LogP contribution is 2.16. The van der Waals surface area contributed by atoms with E-state index in [1.54, 1.807) is 0 Å². The molecule has 0 bridgehead atoms. The predicted octanol–water partition coefficient (Wildman–Crippen LogP) is 1.16. The molecule has 33 heavy (non-hydrogen) atoms. The quantitative estimate of drug-likeness (QED) is 0.391. The van der Waals surface area contributed by atoms with Gasteiger partial charge in [0.25, 0.3) is 0 Å². The molecule has 0 radical (unpaired) electrons. The third kappa shape index (κ3) is 7.13. The Hall–Kier alpha value is -3.23. The molecule has 3 amide bonds. The number of benzene rings is 2. The van der Waals surface area contributed by atoms with Crippen LogP contribution in [0.25, 0.3) is 0 Å². The van der Waals surface area contributed by atoms with E-state index in [9.17, 15) is 14.4 Å². The van der Waals surface area contributed by atoms with Gasteiger partial charge >= 0.3 is 0 Å². The summed E-state index contributed by atoms with van der Waals surface area (Å²) in [6, 6.07) is 14.3. The highest BCUT2D eigenvalue weighted by Gasteiger charge is 2.32. The Morgan fingerprint density at radius 1 is 1.09 bits per heavy atom. The predicted molar refractivity (Wildman–Crippen MR) is 129 cm³/mol. The molecule has 2 aromatic rings. The van der Waals surface area contributed by atoms with Gasteiger partial charge in [-0.3, -0.25) is 14.4 Å². The van der Waals surface area contributed by atoms with Crippen LogP contribution in [0.15, 0.2) is 48.5 Å². The average Bonchev–Trinajstić information content (AvgIpc) is 3.28. The van der Waals surface area contributed by atoms with Crippen LogP contribution in [0.2, 0.25) is 0 Å². The van der Waals surface area contributed by atoms with Gasteiger partial charge in [-0.05, 0) is 61.9 Å². The minimum absolute atomic E-state index is 0.0897. The van der Waals surface area contributed by atoms with E-state index >= 15 is 0 Å². The van der Waals surface area contributed by atoms with Crippen LogP contribution in [-0.2, 0) is 20.8 Å². The van der Waals surface area contributed by atoms with Gasteiger partial charge in [0, 0.05) is 18.3 Å². The highest BCUT2D eigenvalue weighted by atomic mass is 16.2. The van der Waals surface area contributed by atoms with Gasteiger partial charge < -0.3 is 27.0 Å². The number of nitrogens with two attached hydrogens (primary N) is 1. The van der Waals surface area contributed by atoms with E-state index in [-0.39, 0.29) is 30.3 Å². The zero-order valence-electron chi connectivity index (χ0n) is 19.2. The van der Waals surface area contributed by atoms with Crippen LogP contribution < -0.4 is 27.0 Å². The van der Waals surface area contributed by atoms with E-state index in [1.807, 2.05) is 62.4 Å². The smallest absolute Gasteiger partial charge is 0.246 e. The lowest BCUT2D eigenvalue weighted by Crippen LogP contribution is -2.50. The summed E-state index contributed by atoms with van der Waals surface area (Å²) in [6.07, 6.45) is 1.56. The molecule has 8 nitrogen and oxygen atoms in total. The van der Waals surface area contributed by atoms with E-state index in [0.717, 1.165) is 16.7 Å². The molecular weight excluding hydrogens is 418 g/mol. The number of rotatable bonds is 9. The van der Waals surface area contributed by atoms with Gasteiger partial charge in [0.1, 0.15) is 6.04 Å². The minimum Gasteiger partial charge on any atom is -0.351 e. The van der Waals surface area contributed by atoms with Gasteiger partial charge in [-0.15, -0.1) is 0 Å². The fourth-order valence-electron chi connectivity index (χ4n) is 3.88. The second-order valence-electron chi connectivity index (χ2n) is 8.54. The van der Waals surface area contributed by atoms with Crippen molar-refractivity contribution in [1.82, 2.24) is 16.0 Å². The molecule has 1 fully saturated rings. The fourth-order valence-corrected chi connectivity index (χ4v) is 3.88. The lowest BCUT2D eigenvalue weighted by atomic mass is 10.0. The van der Waals surface area contributed by atoms with E-state index in [4.69, 9.17) is 5.73 Å². The summed E-state index contributed by atoms with van der Waals surface area (Å²) in [5, 5.41) is 11.8. The largest absolute Gasteiger partial charge is 0.351 e. The number of carbonyl (C=O) groups excluding carboxylic acids is 3. The van der Waals surface area contributed by atoms with Crippen molar-refractivity contribution in [3.8, 4) is 0 Å². The fraction of sp³-hybridized carbons (Fsp3) is 0.400. The van der Waals surface area contributed by atoms with Crippen molar-refractivity contribution < 1.29 is 14.4 Å². The third-order valence-electron chi connectivity index (χ3n) is 5.97. The Bertz CT molecular complexity index is 979. The van der Waals surface area contributed by atoms with Crippen molar-refractivity contribution in [3.05, 3.63) is 65.2 Å². The molecule has 176 valence electrons. The standard InChI is InChI=1S/C25H33N5O3/c1-16-8-10-19(12-17(16)2)29-24(32)21(11-9-18-6-4-3-5-7-18)30-25(33)22-13-20(15-27-22)28-23(31)14-26/h3-8,10,12,20-22,27H,9,11,13-15,26H2,1-2H3,(H,28,31)(H,29,32)(H,30,33). The lowest BCUT2D eigenvalue weighted by molar-refractivity contribution is -0.127. The maximum Gasteiger partial charge on any atom is 0.246 e. The Labute approximate surface area is 194 Å². The molecule has 3 unspecified atom stereocenters. The first-order valence-corrected chi connectivity index (χ1v) is 11.3. The molecular formula is C25H33N5O3. The molecule has 0 aliphatic carbocycles. The highest BCUT2D eigenvalue weighted by molar-refractivity contribution is 5.98. The zero-order valence-corrected chi connectivity index (χ0v) is 19.2. The van der Waals surface area contributed by atoms with Crippen molar-refractivity contribution in [2.45, 2.75) is 51.2 Å². The molecule has 8 heteroatoms. The summed E-state index contributed by atoms with van der Waals surface area (Å²) in [4.78, 5) is 37.6. The molecule has 3 rings (SSSR count). The van der Waals surface area contributed by atoms with E-state index in [2.05, 4.69) is 21.3 Å². The van der Waals surface area contributed by atoms with Crippen LogP contribution in [0, 0.1) is 13.8 Å². The molecule has 3 atom stereocenters. The monoisotopic (exact) mass is 451 g/mol. The SMILES string of the molecule is Cc1ccc(NC(=O)C(CCc2ccccc2)NC(=O)C2CC(NC(=O)CN)CN2)cc1C. The van der Waals surface area contributed by atoms with Crippen LogP contribution in [0.5, 0.6) is 0 Å². The lowest BCUT2D eigenvalue weighted by Gasteiger charge is -2.21.